The molecule has 2 heterocycles. The minimum atomic E-state index is -3.25. The molecule has 0 radical (unpaired) electrons. The maximum absolute atomic E-state index is 12.2. The Morgan fingerprint density at radius 3 is 2.41 bits per heavy atom. The lowest BCUT2D eigenvalue weighted by atomic mass is 9.97. The van der Waals surface area contributed by atoms with Crippen LogP contribution in [-0.2, 0) is 21.2 Å². The molecular weight excluding hydrogens is 366 g/mol. The molecule has 0 unspecified atom stereocenters. The number of carbonyl (C=O) groups is 1. The first-order valence-electron chi connectivity index (χ1n) is 8.92. The van der Waals surface area contributed by atoms with Gasteiger partial charge >= 0.3 is 0 Å². The zero-order chi connectivity index (χ0) is 19.0. The fraction of sp³-hybridized carbons (Fsp3) is 0.350. The van der Waals surface area contributed by atoms with Crippen LogP contribution in [0.4, 0.5) is 0 Å². The number of amides is 1. The molecule has 0 atom stereocenters. The van der Waals surface area contributed by atoms with Gasteiger partial charge in [-0.2, -0.15) is 0 Å². The minimum absolute atomic E-state index is 0.164. The zero-order valence-corrected chi connectivity index (χ0v) is 15.9. The average Bonchev–Trinajstić information content (AvgIpc) is 3.10. The number of nitrogens with zero attached hydrogens (tertiary/aromatic N) is 1. The summed E-state index contributed by atoms with van der Waals surface area (Å²) in [5, 5.41) is 0. The Morgan fingerprint density at radius 2 is 1.74 bits per heavy atom. The Kier molecular flexibility index (Phi) is 4.55. The molecule has 27 heavy (non-hydrogen) atoms. The molecule has 2 aliphatic rings. The van der Waals surface area contributed by atoms with Crippen molar-refractivity contribution in [2.24, 2.45) is 0 Å². The molecule has 0 aliphatic carbocycles. The monoisotopic (exact) mass is 387 g/mol. The number of fused-ring (bicyclic) bond motifs is 1. The van der Waals surface area contributed by atoms with Gasteiger partial charge in [-0.25, -0.2) is 8.42 Å². The van der Waals surface area contributed by atoms with Crippen molar-refractivity contribution in [2.45, 2.75) is 30.7 Å². The summed E-state index contributed by atoms with van der Waals surface area (Å²) in [6.45, 7) is 1.42. The Morgan fingerprint density at radius 1 is 1.04 bits per heavy atom. The van der Waals surface area contributed by atoms with E-state index in [2.05, 4.69) is 0 Å². The third-order valence-electron chi connectivity index (χ3n) is 4.97. The summed E-state index contributed by atoms with van der Waals surface area (Å²) >= 11 is 0. The van der Waals surface area contributed by atoms with E-state index in [0.717, 1.165) is 36.1 Å². The summed E-state index contributed by atoms with van der Waals surface area (Å²) in [6, 6.07) is 10.6. The predicted molar refractivity (Wildman–Crippen MR) is 100 cm³/mol. The molecule has 0 saturated carbocycles. The van der Waals surface area contributed by atoms with Crippen LogP contribution in [0, 0.1) is 0 Å². The first-order valence-corrected chi connectivity index (χ1v) is 10.8. The van der Waals surface area contributed by atoms with E-state index >= 15 is 0 Å². The highest BCUT2D eigenvalue weighted by Crippen LogP contribution is 2.39. The second-order valence-corrected chi connectivity index (χ2v) is 8.95. The fourth-order valence-electron chi connectivity index (χ4n) is 3.50. The Bertz CT molecular complexity index is 982. The molecule has 7 heteroatoms. The molecule has 0 aromatic heterocycles. The second kappa shape index (κ2) is 6.88. The summed E-state index contributed by atoms with van der Waals surface area (Å²) < 4.78 is 34.4. The number of likely N-dealkylation sites (tertiary alicyclic amines) is 1. The standard InChI is InChI=1S/C20H21NO5S/c1-27(23,24)16-7-5-14(6-8-16)17-11-19-18(25-13-26-19)10-15(17)12-21-9-3-2-4-20(21)22/h5-8,10-11H,2-4,9,12-13H2,1H3. The lowest BCUT2D eigenvalue weighted by Crippen LogP contribution is -2.34. The Hall–Kier alpha value is -2.54. The van der Waals surface area contributed by atoms with Crippen LogP contribution in [0.1, 0.15) is 24.8 Å². The summed E-state index contributed by atoms with van der Waals surface area (Å²) in [6.07, 6.45) is 3.73. The topological polar surface area (TPSA) is 72.9 Å². The van der Waals surface area contributed by atoms with Crippen molar-refractivity contribution < 1.29 is 22.7 Å². The third-order valence-corrected chi connectivity index (χ3v) is 6.10. The van der Waals surface area contributed by atoms with Crippen LogP contribution in [0.15, 0.2) is 41.3 Å². The molecule has 0 spiro atoms. The number of piperidine rings is 1. The van der Waals surface area contributed by atoms with E-state index in [1.165, 1.54) is 6.26 Å². The van der Waals surface area contributed by atoms with Crippen LogP contribution < -0.4 is 9.47 Å². The van der Waals surface area contributed by atoms with Gasteiger partial charge in [-0.15, -0.1) is 0 Å². The highest BCUT2D eigenvalue weighted by molar-refractivity contribution is 7.90. The SMILES string of the molecule is CS(=O)(=O)c1ccc(-c2cc3c(cc2CN2CCCCC2=O)OCO3)cc1. The summed E-state index contributed by atoms with van der Waals surface area (Å²) in [5.74, 6) is 1.49. The van der Waals surface area contributed by atoms with Crippen molar-refractivity contribution in [1.82, 2.24) is 4.90 Å². The van der Waals surface area contributed by atoms with Crippen LogP contribution in [0.3, 0.4) is 0 Å². The highest BCUT2D eigenvalue weighted by atomic mass is 32.2. The van der Waals surface area contributed by atoms with Crippen LogP contribution in [0.25, 0.3) is 11.1 Å². The second-order valence-electron chi connectivity index (χ2n) is 6.93. The predicted octanol–water partition coefficient (Wildman–Crippen LogP) is 3.00. The van der Waals surface area contributed by atoms with E-state index in [9.17, 15) is 13.2 Å². The molecule has 2 aliphatic heterocycles. The fourth-order valence-corrected chi connectivity index (χ4v) is 4.13. The van der Waals surface area contributed by atoms with Crippen molar-refractivity contribution >= 4 is 15.7 Å². The number of rotatable bonds is 4. The smallest absolute Gasteiger partial charge is 0.231 e. The van der Waals surface area contributed by atoms with Gasteiger partial charge in [0.2, 0.25) is 12.7 Å². The number of sulfone groups is 1. The van der Waals surface area contributed by atoms with Crippen molar-refractivity contribution in [3.8, 4) is 22.6 Å². The Balaban J connectivity index is 1.73. The van der Waals surface area contributed by atoms with Gasteiger partial charge in [-0.05, 0) is 53.8 Å². The maximum atomic E-state index is 12.2. The molecule has 2 aromatic rings. The first-order chi connectivity index (χ1) is 12.9. The van der Waals surface area contributed by atoms with E-state index in [0.29, 0.717) is 24.5 Å². The lowest BCUT2D eigenvalue weighted by molar-refractivity contribution is -0.133. The molecule has 1 amide bonds. The molecule has 6 nitrogen and oxygen atoms in total. The largest absolute Gasteiger partial charge is 0.454 e. The summed E-state index contributed by atoms with van der Waals surface area (Å²) in [7, 11) is -3.25. The van der Waals surface area contributed by atoms with Crippen LogP contribution in [-0.4, -0.2) is 38.8 Å². The lowest BCUT2D eigenvalue weighted by Gasteiger charge is -2.27. The van der Waals surface area contributed by atoms with Crippen molar-refractivity contribution in [3.63, 3.8) is 0 Å². The van der Waals surface area contributed by atoms with Gasteiger partial charge in [0, 0.05) is 25.8 Å². The van der Waals surface area contributed by atoms with E-state index in [-0.39, 0.29) is 17.6 Å². The van der Waals surface area contributed by atoms with E-state index < -0.39 is 9.84 Å². The van der Waals surface area contributed by atoms with Crippen LogP contribution in [0.2, 0.25) is 0 Å². The van der Waals surface area contributed by atoms with Gasteiger partial charge < -0.3 is 14.4 Å². The van der Waals surface area contributed by atoms with Gasteiger partial charge in [0.1, 0.15) is 0 Å². The number of ether oxygens (including phenoxy) is 2. The number of carbonyl (C=O) groups excluding carboxylic acids is 1. The third kappa shape index (κ3) is 3.64. The van der Waals surface area contributed by atoms with E-state index in [1.807, 2.05) is 17.0 Å². The van der Waals surface area contributed by atoms with Crippen LogP contribution in [0.5, 0.6) is 11.5 Å². The minimum Gasteiger partial charge on any atom is -0.454 e. The molecule has 1 saturated heterocycles. The van der Waals surface area contributed by atoms with Gasteiger partial charge in [0.05, 0.1) is 4.90 Å². The molecule has 1 fully saturated rings. The molecule has 4 rings (SSSR count). The normalized spacial score (nSPS) is 16.6. The molecule has 2 aromatic carbocycles. The molecular formula is C20H21NO5S. The Labute approximate surface area is 158 Å². The van der Waals surface area contributed by atoms with Gasteiger partial charge in [-0.3, -0.25) is 4.79 Å². The molecule has 142 valence electrons. The van der Waals surface area contributed by atoms with Gasteiger partial charge in [0.15, 0.2) is 21.3 Å². The van der Waals surface area contributed by atoms with Crippen LogP contribution >= 0.6 is 0 Å². The van der Waals surface area contributed by atoms with Gasteiger partial charge in [0.25, 0.3) is 0 Å². The number of benzene rings is 2. The number of hydrogen-bond acceptors (Lipinski definition) is 5. The van der Waals surface area contributed by atoms with Crippen molar-refractivity contribution in [3.05, 3.63) is 42.0 Å². The molecule has 0 bridgehead atoms. The summed E-state index contributed by atoms with van der Waals surface area (Å²) in [4.78, 5) is 14.4. The number of hydrogen-bond donors (Lipinski definition) is 0. The average molecular weight is 387 g/mol. The summed E-state index contributed by atoms with van der Waals surface area (Å²) in [5.41, 5.74) is 2.75. The first kappa shape index (κ1) is 17.9. The van der Waals surface area contributed by atoms with Gasteiger partial charge in [-0.1, -0.05) is 12.1 Å². The quantitative estimate of drug-likeness (QED) is 0.806. The van der Waals surface area contributed by atoms with Crippen molar-refractivity contribution in [1.29, 1.82) is 0 Å². The van der Waals surface area contributed by atoms with Crippen molar-refractivity contribution in [2.75, 3.05) is 19.6 Å². The van der Waals surface area contributed by atoms with E-state index in [1.54, 1.807) is 24.3 Å². The zero-order valence-electron chi connectivity index (χ0n) is 15.1. The molecule has 0 N–H and O–H groups in total. The van der Waals surface area contributed by atoms with E-state index in [4.69, 9.17) is 9.47 Å². The highest BCUT2D eigenvalue weighted by Gasteiger charge is 2.23. The maximum Gasteiger partial charge on any atom is 0.231 e.